The van der Waals surface area contributed by atoms with E-state index in [0.717, 1.165) is 19.6 Å². The maximum atomic E-state index is 5.84. The summed E-state index contributed by atoms with van der Waals surface area (Å²) in [5.74, 6) is 0. The van der Waals surface area contributed by atoms with Crippen molar-refractivity contribution in [3.05, 3.63) is 127 Å². The molecule has 37 heavy (non-hydrogen) atoms. The van der Waals surface area contributed by atoms with Crippen molar-refractivity contribution < 1.29 is 4.74 Å². The minimum absolute atomic E-state index is 0.730. The molecular weight excluding hydrogens is 582 g/mol. The number of ether oxygens (including phenoxy) is 1. The molecule has 0 fully saturated rings. The number of hydrogen-bond acceptors (Lipinski definition) is 1. The van der Waals surface area contributed by atoms with Crippen LogP contribution in [0.25, 0.3) is 0 Å². The summed E-state index contributed by atoms with van der Waals surface area (Å²) in [6.07, 6.45) is 10.1. The Morgan fingerprint density at radius 3 is 1.30 bits per heavy atom. The predicted molar refractivity (Wildman–Crippen MR) is 172 cm³/mol. The van der Waals surface area contributed by atoms with Gasteiger partial charge in [-0.1, -0.05) is 30.3 Å². The minimum atomic E-state index is -2.60. The van der Waals surface area contributed by atoms with Crippen LogP contribution in [0.4, 0.5) is 0 Å². The van der Waals surface area contributed by atoms with Crippen molar-refractivity contribution in [1.29, 1.82) is 0 Å². The zero-order valence-corrected chi connectivity index (χ0v) is 24.9. The van der Waals surface area contributed by atoms with Gasteiger partial charge in [-0.2, -0.15) is 0 Å². The van der Waals surface area contributed by atoms with E-state index in [-0.39, 0.29) is 0 Å². The standard InChI is InChI=1S/C34H40IOP/c35-37(32-22-12-7-13-23-32,33-24-14-8-15-25-33,34-26-16-9-17-27-34)29-19-5-3-1-2-4-18-28-36-30-31-20-10-6-11-21-31/h6-17,20-27H,1-5,18-19,28-30H2. The van der Waals surface area contributed by atoms with Gasteiger partial charge in [-0.15, -0.1) is 0 Å². The van der Waals surface area contributed by atoms with Crippen molar-refractivity contribution in [1.82, 2.24) is 0 Å². The molecule has 194 valence electrons. The first-order valence-corrected chi connectivity index (χ1v) is 18.9. The molecular formula is C34H40IOP. The van der Waals surface area contributed by atoms with Gasteiger partial charge in [-0.3, -0.25) is 0 Å². The van der Waals surface area contributed by atoms with Crippen molar-refractivity contribution in [3.8, 4) is 0 Å². The van der Waals surface area contributed by atoms with E-state index in [1.165, 1.54) is 66.2 Å². The Labute approximate surface area is 237 Å². The van der Waals surface area contributed by atoms with E-state index in [1.54, 1.807) is 0 Å². The third kappa shape index (κ3) is 7.11. The normalized spacial score (nSPS) is 12.6. The zero-order chi connectivity index (χ0) is 25.7. The van der Waals surface area contributed by atoms with E-state index >= 15 is 0 Å². The number of halogens is 1. The Hall–Kier alpha value is -2.00. The summed E-state index contributed by atoms with van der Waals surface area (Å²) in [5.41, 5.74) is 1.26. The molecule has 0 unspecified atom stereocenters. The fourth-order valence-electron chi connectivity index (χ4n) is 5.31. The molecule has 4 aromatic carbocycles. The third-order valence-electron chi connectivity index (χ3n) is 7.36. The van der Waals surface area contributed by atoms with Crippen molar-refractivity contribution in [3.63, 3.8) is 0 Å². The van der Waals surface area contributed by atoms with Crippen molar-refractivity contribution in [2.24, 2.45) is 0 Å². The van der Waals surface area contributed by atoms with Gasteiger partial charge >= 0.3 is 208 Å². The van der Waals surface area contributed by atoms with Crippen LogP contribution in [0.3, 0.4) is 0 Å². The molecule has 0 atom stereocenters. The van der Waals surface area contributed by atoms with Gasteiger partial charge in [0.05, 0.1) is 0 Å². The first kappa shape index (κ1) is 28.0. The molecule has 0 bridgehead atoms. The van der Waals surface area contributed by atoms with Gasteiger partial charge < -0.3 is 0 Å². The molecule has 0 spiro atoms. The van der Waals surface area contributed by atoms with Gasteiger partial charge in [-0.25, -0.2) is 0 Å². The van der Waals surface area contributed by atoms with E-state index in [2.05, 4.69) is 143 Å². The fourth-order valence-corrected chi connectivity index (χ4v) is 14.1. The molecule has 1 nitrogen and oxygen atoms in total. The molecule has 0 saturated carbocycles. The van der Waals surface area contributed by atoms with Gasteiger partial charge in [0, 0.05) is 0 Å². The summed E-state index contributed by atoms with van der Waals surface area (Å²) in [4.78, 5) is 0. The average Bonchev–Trinajstić information content (AvgIpc) is 2.98. The Kier molecular flexibility index (Phi) is 10.8. The van der Waals surface area contributed by atoms with Crippen LogP contribution in [-0.4, -0.2) is 12.8 Å². The van der Waals surface area contributed by atoms with Gasteiger partial charge in [0.15, 0.2) is 0 Å². The number of hydrogen-bond donors (Lipinski definition) is 0. The van der Waals surface area contributed by atoms with E-state index in [1.807, 2.05) is 0 Å². The van der Waals surface area contributed by atoms with Crippen LogP contribution in [-0.2, 0) is 11.3 Å². The molecule has 0 heterocycles. The molecule has 4 aromatic rings. The zero-order valence-electron chi connectivity index (χ0n) is 21.9. The number of benzene rings is 4. The first-order chi connectivity index (χ1) is 18.2. The molecule has 0 radical (unpaired) electrons. The SMILES string of the molecule is IP(CCCCCCCCCOCc1ccccc1)(c1ccccc1)(c1ccccc1)c1ccccc1. The summed E-state index contributed by atoms with van der Waals surface area (Å²) in [6.45, 7) is 1.59. The van der Waals surface area contributed by atoms with Gasteiger partial charge in [-0.05, 0) is 0 Å². The Morgan fingerprint density at radius 1 is 0.459 bits per heavy atom. The second-order valence-corrected chi connectivity index (χ2v) is 20.7. The van der Waals surface area contributed by atoms with E-state index < -0.39 is 4.25 Å². The van der Waals surface area contributed by atoms with Gasteiger partial charge in [0.25, 0.3) is 0 Å². The van der Waals surface area contributed by atoms with Crippen LogP contribution in [0, 0.1) is 0 Å². The topological polar surface area (TPSA) is 9.23 Å². The van der Waals surface area contributed by atoms with Crippen molar-refractivity contribution in [2.45, 2.75) is 51.6 Å². The Balaban J connectivity index is 1.32. The molecule has 0 aromatic heterocycles. The number of rotatable bonds is 15. The van der Waals surface area contributed by atoms with Crippen LogP contribution in [0.15, 0.2) is 121 Å². The molecule has 0 amide bonds. The Morgan fingerprint density at radius 2 is 0.838 bits per heavy atom. The first-order valence-electron chi connectivity index (χ1n) is 13.7. The van der Waals surface area contributed by atoms with Crippen LogP contribution in [0.1, 0.15) is 50.5 Å². The van der Waals surface area contributed by atoms with Crippen LogP contribution >= 0.6 is 26.3 Å². The summed E-state index contributed by atoms with van der Waals surface area (Å²) < 4.78 is 3.24. The molecule has 3 heteroatoms. The predicted octanol–water partition coefficient (Wildman–Crippen LogP) is 8.81. The second-order valence-electron chi connectivity index (χ2n) is 9.93. The molecule has 0 N–H and O–H groups in total. The third-order valence-corrected chi connectivity index (χ3v) is 19.1. The average molecular weight is 623 g/mol. The Bertz CT molecular complexity index is 1070. The molecule has 0 aliphatic rings. The van der Waals surface area contributed by atoms with Crippen molar-refractivity contribution in [2.75, 3.05) is 12.8 Å². The monoisotopic (exact) mass is 622 g/mol. The molecule has 0 aliphatic carbocycles. The number of unbranched alkanes of at least 4 members (excludes halogenated alkanes) is 6. The summed E-state index contributed by atoms with van der Waals surface area (Å²) in [7, 11) is 0. The molecule has 0 aliphatic heterocycles. The van der Waals surface area contributed by atoms with E-state index in [9.17, 15) is 0 Å². The molecule has 4 rings (SSSR count). The summed E-state index contributed by atoms with van der Waals surface area (Å²) in [6, 6.07) is 44.4. The van der Waals surface area contributed by atoms with E-state index in [4.69, 9.17) is 4.74 Å². The van der Waals surface area contributed by atoms with Crippen LogP contribution < -0.4 is 15.9 Å². The fraction of sp³-hybridized carbons (Fsp3) is 0.294. The van der Waals surface area contributed by atoms with Crippen LogP contribution in [0.5, 0.6) is 0 Å². The van der Waals surface area contributed by atoms with E-state index in [0.29, 0.717) is 0 Å². The maximum absolute atomic E-state index is 5.84. The summed E-state index contributed by atoms with van der Waals surface area (Å²) >= 11 is 2.91. The summed E-state index contributed by atoms with van der Waals surface area (Å²) in [5, 5.41) is 4.46. The quantitative estimate of drug-likeness (QED) is 0.0732. The van der Waals surface area contributed by atoms with Gasteiger partial charge in [0.1, 0.15) is 0 Å². The van der Waals surface area contributed by atoms with Gasteiger partial charge in [0.2, 0.25) is 0 Å². The van der Waals surface area contributed by atoms with Crippen LogP contribution in [0.2, 0.25) is 0 Å². The molecule has 0 saturated heterocycles. The second kappa shape index (κ2) is 14.2. The van der Waals surface area contributed by atoms with Crippen molar-refractivity contribution >= 4 is 42.2 Å².